The van der Waals surface area contributed by atoms with Crippen LogP contribution in [0.4, 0.5) is 13.2 Å². The number of alkyl halides is 3. The Morgan fingerprint density at radius 1 is 1.10 bits per heavy atom. The molecule has 0 unspecified atom stereocenters. The number of halogens is 4. The standard InChI is InChI=1S/C15H16BrF3O/c16-11-7-8-12(13(9-11)15(17,18)19)14(20)10-5-3-1-2-4-6-10/h7-10H,1-6H2. The summed E-state index contributed by atoms with van der Waals surface area (Å²) in [6.45, 7) is 0. The van der Waals surface area contributed by atoms with Crippen LogP contribution in [0.2, 0.25) is 0 Å². The third-order valence-corrected chi connectivity index (χ3v) is 4.27. The van der Waals surface area contributed by atoms with Gasteiger partial charge in [0, 0.05) is 16.0 Å². The molecule has 1 aliphatic carbocycles. The molecule has 110 valence electrons. The normalized spacial score (nSPS) is 17.8. The number of rotatable bonds is 2. The molecule has 0 atom stereocenters. The van der Waals surface area contributed by atoms with E-state index in [1.807, 2.05) is 0 Å². The highest BCUT2D eigenvalue weighted by atomic mass is 79.9. The number of hydrogen-bond acceptors (Lipinski definition) is 1. The summed E-state index contributed by atoms with van der Waals surface area (Å²) >= 11 is 3.04. The maximum absolute atomic E-state index is 13.1. The van der Waals surface area contributed by atoms with Crippen LogP contribution >= 0.6 is 15.9 Å². The maximum atomic E-state index is 13.1. The molecule has 2 rings (SSSR count). The van der Waals surface area contributed by atoms with Crippen LogP contribution in [-0.2, 0) is 6.18 Å². The molecular formula is C15H16BrF3O. The minimum absolute atomic E-state index is 0.187. The first-order valence-corrected chi connectivity index (χ1v) is 7.60. The van der Waals surface area contributed by atoms with E-state index in [1.165, 1.54) is 12.1 Å². The zero-order valence-electron chi connectivity index (χ0n) is 11.0. The summed E-state index contributed by atoms with van der Waals surface area (Å²) in [6.07, 6.45) is 0.882. The summed E-state index contributed by atoms with van der Waals surface area (Å²) in [5.74, 6) is -0.619. The molecule has 0 spiro atoms. The van der Waals surface area contributed by atoms with Gasteiger partial charge in [-0.1, -0.05) is 41.6 Å². The van der Waals surface area contributed by atoms with Crippen LogP contribution in [-0.4, -0.2) is 5.78 Å². The van der Waals surface area contributed by atoms with Crippen molar-refractivity contribution in [3.63, 3.8) is 0 Å². The predicted molar refractivity (Wildman–Crippen MR) is 74.7 cm³/mol. The van der Waals surface area contributed by atoms with Gasteiger partial charge in [-0.05, 0) is 31.0 Å². The Kier molecular flexibility index (Phi) is 4.89. The van der Waals surface area contributed by atoms with Gasteiger partial charge in [0.05, 0.1) is 5.56 Å². The van der Waals surface area contributed by atoms with Gasteiger partial charge in [0.15, 0.2) is 5.78 Å². The average Bonchev–Trinajstić information content (AvgIpc) is 2.65. The second-order valence-corrected chi connectivity index (χ2v) is 6.16. The highest BCUT2D eigenvalue weighted by Crippen LogP contribution is 2.36. The van der Waals surface area contributed by atoms with Gasteiger partial charge in [-0.3, -0.25) is 4.79 Å². The van der Waals surface area contributed by atoms with E-state index >= 15 is 0 Å². The topological polar surface area (TPSA) is 17.1 Å². The SMILES string of the molecule is O=C(c1ccc(Br)cc1C(F)(F)F)C1CCCCCC1. The second-order valence-electron chi connectivity index (χ2n) is 5.24. The molecule has 1 aromatic rings. The van der Waals surface area contributed by atoms with Gasteiger partial charge < -0.3 is 0 Å². The number of carbonyl (C=O) groups excluding carboxylic acids is 1. The molecule has 0 aromatic heterocycles. The summed E-state index contributed by atoms with van der Waals surface area (Å²) in [4.78, 5) is 12.4. The fourth-order valence-corrected chi connectivity index (χ4v) is 3.09. The molecule has 0 bridgehead atoms. The molecule has 0 saturated heterocycles. The summed E-state index contributed by atoms with van der Waals surface area (Å²) in [6, 6.07) is 3.78. The van der Waals surface area contributed by atoms with Crippen molar-refractivity contribution in [3.8, 4) is 0 Å². The Bertz CT molecular complexity index is 488. The first-order chi connectivity index (χ1) is 9.39. The van der Waals surface area contributed by atoms with Crippen LogP contribution < -0.4 is 0 Å². The Morgan fingerprint density at radius 2 is 1.70 bits per heavy atom. The van der Waals surface area contributed by atoms with Gasteiger partial charge in [-0.25, -0.2) is 0 Å². The van der Waals surface area contributed by atoms with Crippen LogP contribution in [0, 0.1) is 5.92 Å². The van der Waals surface area contributed by atoms with Crippen LogP contribution in [0.15, 0.2) is 22.7 Å². The van der Waals surface area contributed by atoms with Crippen molar-refractivity contribution in [2.75, 3.05) is 0 Å². The fraction of sp³-hybridized carbons (Fsp3) is 0.533. The van der Waals surface area contributed by atoms with Gasteiger partial charge in [-0.2, -0.15) is 13.2 Å². The largest absolute Gasteiger partial charge is 0.417 e. The van der Waals surface area contributed by atoms with Crippen molar-refractivity contribution >= 4 is 21.7 Å². The van der Waals surface area contributed by atoms with Crippen LogP contribution in [0.3, 0.4) is 0 Å². The molecule has 1 nitrogen and oxygen atoms in total. The molecular weight excluding hydrogens is 333 g/mol. The lowest BCUT2D eigenvalue weighted by Crippen LogP contribution is -2.19. The molecule has 5 heteroatoms. The minimum atomic E-state index is -4.50. The summed E-state index contributed by atoms with van der Waals surface area (Å²) in [7, 11) is 0. The van der Waals surface area contributed by atoms with Crippen LogP contribution in [0.25, 0.3) is 0 Å². The van der Waals surface area contributed by atoms with Gasteiger partial charge in [-0.15, -0.1) is 0 Å². The predicted octanol–water partition coefficient (Wildman–Crippen LogP) is 5.62. The van der Waals surface area contributed by atoms with Crippen molar-refractivity contribution in [2.24, 2.45) is 5.92 Å². The third kappa shape index (κ3) is 3.62. The number of benzene rings is 1. The fourth-order valence-electron chi connectivity index (χ4n) is 2.73. The number of Topliss-reactive ketones (excluding diaryl/α,β-unsaturated/α-hetero) is 1. The van der Waals surface area contributed by atoms with E-state index in [1.54, 1.807) is 0 Å². The van der Waals surface area contributed by atoms with E-state index in [0.29, 0.717) is 17.3 Å². The summed E-state index contributed by atoms with van der Waals surface area (Å²) < 4.78 is 39.5. The molecule has 1 aliphatic rings. The Morgan fingerprint density at radius 3 is 2.25 bits per heavy atom. The highest BCUT2D eigenvalue weighted by molar-refractivity contribution is 9.10. The Balaban J connectivity index is 2.33. The van der Waals surface area contributed by atoms with Crippen molar-refractivity contribution in [3.05, 3.63) is 33.8 Å². The van der Waals surface area contributed by atoms with E-state index < -0.39 is 11.7 Å². The van der Waals surface area contributed by atoms with Gasteiger partial charge in [0.1, 0.15) is 0 Å². The summed E-state index contributed by atoms with van der Waals surface area (Å²) in [5.41, 5.74) is -1.02. The zero-order chi connectivity index (χ0) is 14.8. The Hall–Kier alpha value is -0.840. The van der Waals surface area contributed by atoms with Crippen molar-refractivity contribution in [1.29, 1.82) is 0 Å². The summed E-state index contributed by atoms with van der Waals surface area (Å²) in [5, 5.41) is 0. The van der Waals surface area contributed by atoms with Crippen LogP contribution in [0.5, 0.6) is 0 Å². The monoisotopic (exact) mass is 348 g/mol. The smallest absolute Gasteiger partial charge is 0.294 e. The van der Waals surface area contributed by atoms with Gasteiger partial charge >= 0.3 is 6.18 Å². The first kappa shape index (κ1) is 15.5. The van der Waals surface area contributed by atoms with E-state index in [9.17, 15) is 18.0 Å². The second kappa shape index (κ2) is 6.29. The first-order valence-electron chi connectivity index (χ1n) is 6.80. The van der Waals surface area contributed by atoms with Crippen molar-refractivity contribution in [2.45, 2.75) is 44.7 Å². The molecule has 0 heterocycles. The molecule has 0 amide bonds. The molecule has 1 saturated carbocycles. The quantitative estimate of drug-likeness (QED) is 0.500. The molecule has 0 radical (unpaired) electrons. The minimum Gasteiger partial charge on any atom is -0.294 e. The highest BCUT2D eigenvalue weighted by Gasteiger charge is 2.36. The van der Waals surface area contributed by atoms with Crippen molar-refractivity contribution in [1.82, 2.24) is 0 Å². The van der Waals surface area contributed by atoms with Gasteiger partial charge in [0.25, 0.3) is 0 Å². The lowest BCUT2D eigenvalue weighted by Gasteiger charge is -2.17. The van der Waals surface area contributed by atoms with Crippen molar-refractivity contribution < 1.29 is 18.0 Å². The lowest BCUT2D eigenvalue weighted by molar-refractivity contribution is -0.138. The average molecular weight is 349 g/mol. The maximum Gasteiger partial charge on any atom is 0.417 e. The van der Waals surface area contributed by atoms with E-state index in [0.717, 1.165) is 31.7 Å². The molecule has 0 N–H and O–H groups in total. The van der Waals surface area contributed by atoms with E-state index in [-0.39, 0.29) is 17.3 Å². The Labute approximate surface area is 124 Å². The van der Waals surface area contributed by atoms with Gasteiger partial charge in [0.2, 0.25) is 0 Å². The van der Waals surface area contributed by atoms with E-state index in [4.69, 9.17) is 0 Å². The third-order valence-electron chi connectivity index (χ3n) is 3.78. The molecule has 1 aromatic carbocycles. The number of ketones is 1. The number of hydrogen-bond donors (Lipinski definition) is 0. The van der Waals surface area contributed by atoms with Crippen LogP contribution in [0.1, 0.15) is 54.4 Å². The lowest BCUT2D eigenvalue weighted by atomic mass is 9.89. The number of carbonyl (C=O) groups is 1. The molecule has 0 aliphatic heterocycles. The van der Waals surface area contributed by atoms with E-state index in [2.05, 4.69) is 15.9 Å². The zero-order valence-corrected chi connectivity index (χ0v) is 12.6. The molecule has 1 fully saturated rings. The molecule has 20 heavy (non-hydrogen) atoms.